The van der Waals surface area contributed by atoms with Gasteiger partial charge in [0.1, 0.15) is 0 Å². The number of carbonyl (C=O) groups excluding carboxylic acids is 1. The van der Waals surface area contributed by atoms with Crippen LogP contribution in [0.2, 0.25) is 0 Å². The number of carbonyl (C=O) groups is 1. The van der Waals surface area contributed by atoms with Crippen molar-refractivity contribution in [2.45, 2.75) is 38.5 Å². The minimum atomic E-state index is -3.52. The molecule has 0 aromatic heterocycles. The molecule has 1 amide bonds. The number of nitrogens with zero attached hydrogens (tertiary/aromatic N) is 1. The molecule has 0 radical (unpaired) electrons. The number of sulfonamides is 1. The quantitative estimate of drug-likeness (QED) is 0.901. The molecule has 1 N–H and O–H groups in total. The lowest BCUT2D eigenvalue weighted by atomic mass is 9.97. The number of amides is 1. The molecule has 0 aliphatic carbocycles. The average molecular weight is 354 g/mol. The molecule has 1 aromatic carbocycles. The largest absolute Gasteiger partial charge is 0.453 e. The number of rotatable bonds is 4. The molecule has 0 unspecified atom stereocenters. The van der Waals surface area contributed by atoms with Crippen molar-refractivity contribution in [3.8, 4) is 0 Å². The maximum Gasteiger partial charge on any atom is 0.409 e. The molecular formula is C17H26N2O4S. The number of methoxy groups -OCH3 is 1. The van der Waals surface area contributed by atoms with E-state index in [1.54, 1.807) is 11.0 Å². The van der Waals surface area contributed by atoms with E-state index in [1.807, 2.05) is 26.8 Å². The van der Waals surface area contributed by atoms with Crippen LogP contribution in [0.4, 0.5) is 4.79 Å². The van der Waals surface area contributed by atoms with E-state index in [-0.39, 0.29) is 12.0 Å². The van der Waals surface area contributed by atoms with E-state index in [9.17, 15) is 13.2 Å². The number of benzene rings is 1. The summed E-state index contributed by atoms with van der Waals surface area (Å²) < 4.78 is 32.6. The molecule has 6 nitrogen and oxygen atoms in total. The fraction of sp³-hybridized carbons (Fsp3) is 0.588. The Morgan fingerprint density at radius 3 is 2.33 bits per heavy atom. The number of nitrogens with one attached hydrogen (secondary N) is 1. The summed E-state index contributed by atoms with van der Waals surface area (Å²) in [5.41, 5.74) is 2.81. The third kappa shape index (κ3) is 4.27. The Balaban J connectivity index is 1.97. The van der Waals surface area contributed by atoms with Crippen molar-refractivity contribution in [3.05, 3.63) is 28.8 Å². The normalized spacial score (nSPS) is 16.2. The minimum Gasteiger partial charge on any atom is -0.453 e. The van der Waals surface area contributed by atoms with Crippen molar-refractivity contribution in [2.24, 2.45) is 5.92 Å². The topological polar surface area (TPSA) is 75.7 Å². The van der Waals surface area contributed by atoms with Crippen LogP contribution in [0.25, 0.3) is 0 Å². The van der Waals surface area contributed by atoms with Crippen LogP contribution in [0.3, 0.4) is 0 Å². The number of hydrogen-bond donors (Lipinski definition) is 1. The van der Waals surface area contributed by atoms with Gasteiger partial charge in [-0.05, 0) is 62.3 Å². The van der Waals surface area contributed by atoms with Crippen molar-refractivity contribution < 1.29 is 17.9 Å². The van der Waals surface area contributed by atoms with Gasteiger partial charge in [-0.3, -0.25) is 0 Å². The maximum absolute atomic E-state index is 12.6. The van der Waals surface area contributed by atoms with Crippen LogP contribution in [0.1, 0.15) is 29.5 Å². The molecule has 0 atom stereocenters. The molecule has 1 aromatic rings. The van der Waals surface area contributed by atoms with Crippen LogP contribution < -0.4 is 4.72 Å². The summed E-state index contributed by atoms with van der Waals surface area (Å²) in [4.78, 5) is 13.5. The highest BCUT2D eigenvalue weighted by Gasteiger charge is 2.25. The highest BCUT2D eigenvalue weighted by molar-refractivity contribution is 7.89. The Kier molecular flexibility index (Phi) is 5.87. The molecule has 134 valence electrons. The summed E-state index contributed by atoms with van der Waals surface area (Å²) in [5, 5.41) is 0. The van der Waals surface area contributed by atoms with Crippen LogP contribution in [0, 0.1) is 26.7 Å². The second-order valence-electron chi connectivity index (χ2n) is 6.45. The van der Waals surface area contributed by atoms with Gasteiger partial charge in [-0.25, -0.2) is 17.9 Å². The first kappa shape index (κ1) is 18.7. The standard InChI is InChI=1S/C17H26N2O4S/c1-12-9-14(3)16(10-13(12)2)24(21,22)18-11-15-5-7-19(8-6-15)17(20)23-4/h9-10,15,18H,5-8,11H2,1-4H3. The van der Waals surface area contributed by atoms with E-state index in [2.05, 4.69) is 4.72 Å². The molecule has 1 aliphatic heterocycles. The Morgan fingerprint density at radius 1 is 1.17 bits per heavy atom. The number of hydrogen-bond acceptors (Lipinski definition) is 4. The van der Waals surface area contributed by atoms with E-state index in [0.717, 1.165) is 29.5 Å². The van der Waals surface area contributed by atoms with E-state index >= 15 is 0 Å². The molecule has 0 saturated carbocycles. The predicted molar refractivity (Wildman–Crippen MR) is 92.5 cm³/mol. The van der Waals surface area contributed by atoms with Gasteiger partial charge in [-0.1, -0.05) is 6.07 Å². The third-order valence-corrected chi connectivity index (χ3v) is 6.26. The zero-order valence-corrected chi connectivity index (χ0v) is 15.6. The SMILES string of the molecule is COC(=O)N1CCC(CNS(=O)(=O)c2cc(C)c(C)cc2C)CC1. The van der Waals surface area contributed by atoms with E-state index in [1.165, 1.54) is 7.11 Å². The van der Waals surface area contributed by atoms with Crippen LogP contribution in [-0.4, -0.2) is 46.2 Å². The van der Waals surface area contributed by atoms with E-state index in [0.29, 0.717) is 24.5 Å². The van der Waals surface area contributed by atoms with Gasteiger partial charge in [0.25, 0.3) is 0 Å². The number of aryl methyl sites for hydroxylation is 3. The number of likely N-dealkylation sites (tertiary alicyclic amines) is 1. The van der Waals surface area contributed by atoms with Gasteiger partial charge in [0.2, 0.25) is 10.0 Å². The van der Waals surface area contributed by atoms with Crippen LogP contribution in [-0.2, 0) is 14.8 Å². The molecule has 1 fully saturated rings. The molecule has 1 heterocycles. The van der Waals surface area contributed by atoms with Gasteiger partial charge in [0, 0.05) is 19.6 Å². The molecule has 24 heavy (non-hydrogen) atoms. The first-order valence-electron chi connectivity index (χ1n) is 8.15. The third-order valence-electron chi connectivity index (χ3n) is 4.69. The molecule has 1 saturated heterocycles. The van der Waals surface area contributed by atoms with Crippen LogP contribution in [0.5, 0.6) is 0 Å². The highest BCUT2D eigenvalue weighted by atomic mass is 32.2. The Morgan fingerprint density at radius 2 is 1.75 bits per heavy atom. The van der Waals surface area contributed by atoms with Crippen molar-refractivity contribution >= 4 is 16.1 Å². The summed E-state index contributed by atoms with van der Waals surface area (Å²) in [6, 6.07) is 3.63. The molecule has 1 aliphatic rings. The van der Waals surface area contributed by atoms with E-state index in [4.69, 9.17) is 4.74 Å². The fourth-order valence-corrected chi connectivity index (χ4v) is 4.40. The van der Waals surface area contributed by atoms with Gasteiger partial charge >= 0.3 is 6.09 Å². The molecule has 2 rings (SSSR count). The molecule has 0 spiro atoms. The van der Waals surface area contributed by atoms with Gasteiger partial charge < -0.3 is 9.64 Å². The Labute approximate surface area is 144 Å². The first-order chi connectivity index (χ1) is 11.2. The zero-order chi connectivity index (χ0) is 17.9. The molecule has 7 heteroatoms. The lowest BCUT2D eigenvalue weighted by Crippen LogP contribution is -2.41. The van der Waals surface area contributed by atoms with Gasteiger partial charge in [-0.2, -0.15) is 0 Å². The van der Waals surface area contributed by atoms with Crippen molar-refractivity contribution in [3.63, 3.8) is 0 Å². The van der Waals surface area contributed by atoms with Crippen LogP contribution in [0.15, 0.2) is 17.0 Å². The maximum atomic E-state index is 12.6. The fourth-order valence-electron chi connectivity index (χ4n) is 2.98. The summed E-state index contributed by atoms with van der Waals surface area (Å²) >= 11 is 0. The lowest BCUT2D eigenvalue weighted by Gasteiger charge is -2.30. The van der Waals surface area contributed by atoms with Crippen LogP contribution >= 0.6 is 0 Å². The highest BCUT2D eigenvalue weighted by Crippen LogP contribution is 2.21. The van der Waals surface area contributed by atoms with Crippen molar-refractivity contribution in [2.75, 3.05) is 26.7 Å². The Bertz CT molecular complexity index is 708. The zero-order valence-electron chi connectivity index (χ0n) is 14.8. The van der Waals surface area contributed by atoms with Crippen molar-refractivity contribution in [1.82, 2.24) is 9.62 Å². The second-order valence-corrected chi connectivity index (χ2v) is 8.19. The summed E-state index contributed by atoms with van der Waals surface area (Å²) in [6.45, 7) is 7.29. The van der Waals surface area contributed by atoms with Gasteiger partial charge in [-0.15, -0.1) is 0 Å². The van der Waals surface area contributed by atoms with Crippen molar-refractivity contribution in [1.29, 1.82) is 0 Å². The Hall–Kier alpha value is -1.60. The summed E-state index contributed by atoms with van der Waals surface area (Å²) in [7, 11) is -2.15. The number of ether oxygens (including phenoxy) is 1. The lowest BCUT2D eigenvalue weighted by molar-refractivity contribution is 0.106. The van der Waals surface area contributed by atoms with E-state index < -0.39 is 10.0 Å². The predicted octanol–water partition coefficient (Wildman–Crippen LogP) is 2.37. The van der Waals surface area contributed by atoms with Gasteiger partial charge in [0.05, 0.1) is 12.0 Å². The minimum absolute atomic E-state index is 0.229. The second kappa shape index (κ2) is 7.53. The average Bonchev–Trinajstić information content (AvgIpc) is 2.56. The van der Waals surface area contributed by atoms with Gasteiger partial charge in [0.15, 0.2) is 0 Å². The monoisotopic (exact) mass is 354 g/mol. The molecule has 0 bridgehead atoms. The first-order valence-corrected chi connectivity index (χ1v) is 9.63. The summed E-state index contributed by atoms with van der Waals surface area (Å²) in [5.74, 6) is 0.229. The smallest absolute Gasteiger partial charge is 0.409 e. The molecular weight excluding hydrogens is 328 g/mol. The summed E-state index contributed by atoms with van der Waals surface area (Å²) in [6.07, 6.45) is 1.22. The number of piperidine rings is 1.